The molecule has 1 N–H and O–H groups in total. The molecule has 2 aromatic carbocycles. The Morgan fingerprint density at radius 1 is 1.09 bits per heavy atom. The van der Waals surface area contributed by atoms with Gasteiger partial charge in [-0.15, -0.1) is 5.10 Å². The molecule has 0 aliphatic heterocycles. The summed E-state index contributed by atoms with van der Waals surface area (Å²) in [5, 5.41) is 18.6. The van der Waals surface area contributed by atoms with E-state index in [1.807, 2.05) is 31.2 Å². The van der Waals surface area contributed by atoms with Crippen LogP contribution in [-0.4, -0.2) is 20.1 Å². The van der Waals surface area contributed by atoms with Gasteiger partial charge in [0.2, 0.25) is 5.16 Å². The van der Waals surface area contributed by atoms with Crippen LogP contribution in [0.1, 0.15) is 5.56 Å². The predicted octanol–water partition coefficient (Wildman–Crippen LogP) is 4.49. The van der Waals surface area contributed by atoms with Crippen molar-refractivity contribution in [3.8, 4) is 11.4 Å². The van der Waals surface area contributed by atoms with Gasteiger partial charge in [0, 0.05) is 11.6 Å². The van der Waals surface area contributed by atoms with Gasteiger partial charge in [-0.2, -0.15) is 0 Å². The van der Waals surface area contributed by atoms with Gasteiger partial charge >= 0.3 is 0 Å². The summed E-state index contributed by atoms with van der Waals surface area (Å²) in [6, 6.07) is 14.6. The summed E-state index contributed by atoms with van der Waals surface area (Å²) in [5.41, 5.74) is 2.21. The number of aromatic nitrogens is 3. The average Bonchev–Trinajstić information content (AvgIpc) is 3.03. The summed E-state index contributed by atoms with van der Waals surface area (Å²) in [4.78, 5) is 15.6. The number of nitrogens with zero attached hydrogens (tertiary/aromatic N) is 3. The lowest BCUT2D eigenvalue weighted by atomic mass is 10.1. The lowest BCUT2D eigenvalue weighted by Crippen LogP contribution is -1.89. The van der Waals surface area contributed by atoms with Crippen LogP contribution in [0.4, 0.5) is 5.69 Å². The van der Waals surface area contributed by atoms with E-state index in [4.69, 9.17) is 0 Å². The Morgan fingerprint density at radius 2 is 1.83 bits per heavy atom. The van der Waals surface area contributed by atoms with Gasteiger partial charge in [0.15, 0.2) is 5.82 Å². The monoisotopic (exact) mass is 344 g/mol. The van der Waals surface area contributed by atoms with Crippen LogP contribution in [0.5, 0.6) is 0 Å². The standard InChI is InChI=1S/C15H12N4O2S2/c1-10-6-8-11(9-7-10)14-16-15(18-17-14)23-22-13-5-3-2-4-12(13)19(20)21/h2-9H,1H3,(H,16,17,18). The molecule has 0 amide bonds. The highest BCUT2D eigenvalue weighted by Crippen LogP contribution is 2.40. The van der Waals surface area contributed by atoms with Crippen LogP contribution in [-0.2, 0) is 0 Å². The summed E-state index contributed by atoms with van der Waals surface area (Å²) in [7, 11) is 2.55. The van der Waals surface area contributed by atoms with Crippen molar-refractivity contribution < 1.29 is 4.92 Å². The molecule has 0 saturated carbocycles. The molecule has 0 atom stereocenters. The third-order valence-electron chi connectivity index (χ3n) is 3.06. The summed E-state index contributed by atoms with van der Waals surface area (Å²) in [6.45, 7) is 2.02. The van der Waals surface area contributed by atoms with Crippen molar-refractivity contribution in [1.82, 2.24) is 15.2 Å². The SMILES string of the molecule is Cc1ccc(-c2nc(SSc3ccccc3[N+](=O)[O-])n[nH]2)cc1. The number of hydrogen-bond donors (Lipinski definition) is 1. The molecule has 3 rings (SSSR count). The molecule has 0 aliphatic rings. The minimum Gasteiger partial charge on any atom is -0.258 e. The zero-order chi connectivity index (χ0) is 16.2. The normalized spacial score (nSPS) is 10.7. The van der Waals surface area contributed by atoms with E-state index in [2.05, 4.69) is 15.2 Å². The third kappa shape index (κ3) is 3.72. The minimum absolute atomic E-state index is 0.0827. The Bertz CT molecular complexity index is 834. The number of benzene rings is 2. The summed E-state index contributed by atoms with van der Waals surface area (Å²) < 4.78 is 0. The average molecular weight is 344 g/mol. The number of aryl methyl sites for hydroxylation is 1. The third-order valence-corrected chi connectivity index (χ3v) is 5.23. The van der Waals surface area contributed by atoms with E-state index in [0.717, 1.165) is 5.56 Å². The second-order valence-electron chi connectivity index (χ2n) is 4.72. The molecule has 0 fully saturated rings. The number of para-hydroxylation sites is 1. The summed E-state index contributed by atoms with van der Waals surface area (Å²) in [5.74, 6) is 0.677. The molecule has 0 bridgehead atoms. The van der Waals surface area contributed by atoms with E-state index in [1.54, 1.807) is 18.2 Å². The zero-order valence-electron chi connectivity index (χ0n) is 12.1. The van der Waals surface area contributed by atoms with Crippen LogP contribution in [0.15, 0.2) is 58.6 Å². The van der Waals surface area contributed by atoms with Gasteiger partial charge in [0.25, 0.3) is 5.69 Å². The van der Waals surface area contributed by atoms with Gasteiger partial charge in [-0.25, -0.2) is 4.98 Å². The van der Waals surface area contributed by atoms with Crippen molar-refractivity contribution in [1.29, 1.82) is 0 Å². The van der Waals surface area contributed by atoms with Crippen LogP contribution in [0.25, 0.3) is 11.4 Å². The highest BCUT2D eigenvalue weighted by Gasteiger charge is 2.15. The van der Waals surface area contributed by atoms with Crippen molar-refractivity contribution in [2.45, 2.75) is 17.0 Å². The van der Waals surface area contributed by atoms with E-state index in [-0.39, 0.29) is 5.69 Å². The predicted molar refractivity (Wildman–Crippen MR) is 91.4 cm³/mol. The minimum atomic E-state index is -0.390. The van der Waals surface area contributed by atoms with E-state index in [0.29, 0.717) is 15.9 Å². The molecule has 8 heteroatoms. The first-order valence-corrected chi connectivity index (χ1v) is 8.86. The maximum Gasteiger partial charge on any atom is 0.283 e. The smallest absolute Gasteiger partial charge is 0.258 e. The van der Waals surface area contributed by atoms with Gasteiger partial charge in [0.1, 0.15) is 0 Å². The van der Waals surface area contributed by atoms with Crippen molar-refractivity contribution in [3.63, 3.8) is 0 Å². The van der Waals surface area contributed by atoms with Crippen LogP contribution in [0.2, 0.25) is 0 Å². The Morgan fingerprint density at radius 3 is 2.57 bits per heavy atom. The van der Waals surface area contributed by atoms with Crippen LogP contribution >= 0.6 is 21.6 Å². The molecule has 23 heavy (non-hydrogen) atoms. The lowest BCUT2D eigenvalue weighted by Gasteiger charge is -1.99. The fraction of sp³-hybridized carbons (Fsp3) is 0.0667. The van der Waals surface area contributed by atoms with Crippen LogP contribution in [0.3, 0.4) is 0 Å². The first-order valence-electron chi connectivity index (χ1n) is 6.71. The van der Waals surface area contributed by atoms with Gasteiger partial charge in [-0.05, 0) is 34.6 Å². The van der Waals surface area contributed by atoms with Gasteiger partial charge in [-0.3, -0.25) is 15.2 Å². The lowest BCUT2D eigenvalue weighted by molar-refractivity contribution is -0.387. The highest BCUT2D eigenvalue weighted by molar-refractivity contribution is 8.76. The van der Waals surface area contributed by atoms with E-state index in [9.17, 15) is 10.1 Å². The number of nitro groups is 1. The quantitative estimate of drug-likeness (QED) is 0.417. The van der Waals surface area contributed by atoms with E-state index in [1.165, 1.54) is 33.2 Å². The summed E-state index contributed by atoms with van der Waals surface area (Å²) in [6.07, 6.45) is 0. The maximum atomic E-state index is 11.0. The number of rotatable bonds is 5. The van der Waals surface area contributed by atoms with Crippen molar-refractivity contribution in [2.24, 2.45) is 0 Å². The number of H-pyrrole nitrogens is 1. The van der Waals surface area contributed by atoms with Gasteiger partial charge in [0.05, 0.1) is 9.82 Å². The van der Waals surface area contributed by atoms with Crippen molar-refractivity contribution in [3.05, 3.63) is 64.2 Å². The van der Waals surface area contributed by atoms with Crippen molar-refractivity contribution in [2.75, 3.05) is 0 Å². The molecular weight excluding hydrogens is 332 g/mol. The molecule has 1 aromatic heterocycles. The van der Waals surface area contributed by atoms with Crippen LogP contribution < -0.4 is 0 Å². The van der Waals surface area contributed by atoms with Crippen LogP contribution in [0, 0.1) is 17.0 Å². The van der Waals surface area contributed by atoms with Gasteiger partial charge in [-0.1, -0.05) is 42.0 Å². The molecule has 0 saturated heterocycles. The molecular formula is C15H12N4O2S2. The zero-order valence-corrected chi connectivity index (χ0v) is 13.7. The highest BCUT2D eigenvalue weighted by atomic mass is 33.1. The number of aromatic amines is 1. The fourth-order valence-electron chi connectivity index (χ4n) is 1.88. The molecule has 1 heterocycles. The number of hydrogen-bond acceptors (Lipinski definition) is 6. The fourth-order valence-corrected chi connectivity index (χ4v) is 3.76. The second kappa shape index (κ2) is 6.84. The maximum absolute atomic E-state index is 11.0. The molecule has 0 radical (unpaired) electrons. The molecule has 3 aromatic rings. The van der Waals surface area contributed by atoms with E-state index >= 15 is 0 Å². The molecule has 0 unspecified atom stereocenters. The first kappa shape index (κ1) is 15.6. The molecule has 0 aliphatic carbocycles. The summed E-state index contributed by atoms with van der Waals surface area (Å²) >= 11 is 0. The largest absolute Gasteiger partial charge is 0.283 e. The van der Waals surface area contributed by atoms with Gasteiger partial charge < -0.3 is 0 Å². The molecule has 116 valence electrons. The van der Waals surface area contributed by atoms with Crippen molar-refractivity contribution >= 4 is 27.3 Å². The topological polar surface area (TPSA) is 84.7 Å². The Hall–Kier alpha value is -2.32. The Labute approximate surface area is 140 Å². The Balaban J connectivity index is 1.73. The van der Waals surface area contributed by atoms with E-state index < -0.39 is 4.92 Å². The molecule has 6 nitrogen and oxygen atoms in total. The second-order valence-corrected chi connectivity index (χ2v) is 6.86. The molecule has 0 spiro atoms. The number of nitrogens with one attached hydrogen (secondary N) is 1. The number of nitro benzene ring substituents is 1. The first-order chi connectivity index (χ1) is 11.1. The Kier molecular flexibility index (Phi) is 4.63.